The van der Waals surface area contributed by atoms with Crippen LogP contribution in [0.5, 0.6) is 11.5 Å². The second kappa shape index (κ2) is 6.14. The number of methoxy groups -OCH3 is 2. The smallest absolute Gasteiger partial charge is 0.129 e. The Labute approximate surface area is 124 Å². The number of rotatable bonds is 4. The van der Waals surface area contributed by atoms with Crippen molar-refractivity contribution in [2.24, 2.45) is 0 Å². The maximum atomic E-state index is 13.7. The van der Waals surface area contributed by atoms with Gasteiger partial charge in [0.15, 0.2) is 0 Å². The number of aliphatic hydroxyl groups excluding tert-OH is 1. The Kier molecular flexibility index (Phi) is 4.48. The average molecular weight is 290 g/mol. The van der Waals surface area contributed by atoms with Crippen LogP contribution < -0.4 is 9.47 Å². The maximum Gasteiger partial charge on any atom is 0.129 e. The molecule has 112 valence electrons. The molecule has 0 saturated carbocycles. The SMILES string of the molecule is COc1cc(OC)cc(C(O)c2cc(C)c(F)c(C)c2)c1. The molecule has 2 rings (SSSR count). The fraction of sp³-hybridized carbons (Fsp3) is 0.294. The minimum atomic E-state index is -0.869. The Balaban J connectivity index is 2.46. The fourth-order valence-corrected chi connectivity index (χ4v) is 2.32. The normalized spacial score (nSPS) is 12.1. The van der Waals surface area contributed by atoms with Gasteiger partial charge in [-0.2, -0.15) is 0 Å². The summed E-state index contributed by atoms with van der Waals surface area (Å²) < 4.78 is 24.1. The number of hydrogen-bond acceptors (Lipinski definition) is 3. The van der Waals surface area contributed by atoms with Crippen molar-refractivity contribution in [2.75, 3.05) is 14.2 Å². The Morgan fingerprint density at radius 2 is 1.29 bits per heavy atom. The summed E-state index contributed by atoms with van der Waals surface area (Å²) in [5, 5.41) is 10.5. The summed E-state index contributed by atoms with van der Waals surface area (Å²) in [6.07, 6.45) is -0.869. The van der Waals surface area contributed by atoms with Gasteiger partial charge in [-0.25, -0.2) is 4.39 Å². The van der Waals surface area contributed by atoms with Crippen LogP contribution in [0.15, 0.2) is 30.3 Å². The van der Waals surface area contributed by atoms with Gasteiger partial charge in [-0.05, 0) is 48.2 Å². The summed E-state index contributed by atoms with van der Waals surface area (Å²) in [6, 6.07) is 8.51. The molecule has 0 aromatic heterocycles. The van der Waals surface area contributed by atoms with E-state index in [-0.39, 0.29) is 5.82 Å². The van der Waals surface area contributed by atoms with Gasteiger partial charge >= 0.3 is 0 Å². The lowest BCUT2D eigenvalue weighted by Gasteiger charge is -2.16. The lowest BCUT2D eigenvalue weighted by molar-refractivity contribution is 0.219. The Hall–Kier alpha value is -2.07. The summed E-state index contributed by atoms with van der Waals surface area (Å²) in [5.41, 5.74) is 2.30. The van der Waals surface area contributed by atoms with Crippen LogP contribution in [0.25, 0.3) is 0 Å². The van der Waals surface area contributed by atoms with E-state index in [0.29, 0.717) is 33.8 Å². The molecular weight excluding hydrogens is 271 g/mol. The highest BCUT2D eigenvalue weighted by Gasteiger charge is 2.15. The third kappa shape index (κ3) is 3.16. The molecule has 3 nitrogen and oxygen atoms in total. The van der Waals surface area contributed by atoms with Crippen LogP contribution in [0.2, 0.25) is 0 Å². The largest absolute Gasteiger partial charge is 0.497 e. The monoisotopic (exact) mass is 290 g/mol. The van der Waals surface area contributed by atoms with Crippen molar-refractivity contribution < 1.29 is 19.0 Å². The number of hydrogen-bond donors (Lipinski definition) is 1. The van der Waals surface area contributed by atoms with E-state index < -0.39 is 6.10 Å². The van der Waals surface area contributed by atoms with Gasteiger partial charge in [0.2, 0.25) is 0 Å². The van der Waals surface area contributed by atoms with Crippen LogP contribution in [0.1, 0.15) is 28.4 Å². The molecule has 0 amide bonds. The summed E-state index contributed by atoms with van der Waals surface area (Å²) in [6.45, 7) is 3.37. The molecular formula is C17H19FO3. The molecule has 0 bridgehead atoms. The van der Waals surface area contributed by atoms with Gasteiger partial charge in [-0.15, -0.1) is 0 Å². The lowest BCUT2D eigenvalue weighted by Crippen LogP contribution is -2.03. The minimum absolute atomic E-state index is 0.242. The van der Waals surface area contributed by atoms with Crippen LogP contribution in [0, 0.1) is 19.7 Å². The van der Waals surface area contributed by atoms with E-state index in [0.717, 1.165) is 0 Å². The standard InChI is InChI=1S/C17H19FO3/c1-10-5-12(6-11(2)16(10)18)17(19)13-7-14(20-3)9-15(8-13)21-4/h5-9,17,19H,1-4H3. The zero-order valence-electron chi connectivity index (χ0n) is 12.6. The number of aliphatic hydroxyl groups is 1. The van der Waals surface area contributed by atoms with Crippen molar-refractivity contribution >= 4 is 0 Å². The highest BCUT2D eigenvalue weighted by Crippen LogP contribution is 2.31. The summed E-state index contributed by atoms with van der Waals surface area (Å²) in [4.78, 5) is 0. The van der Waals surface area contributed by atoms with Crippen LogP contribution in [0.4, 0.5) is 4.39 Å². The lowest BCUT2D eigenvalue weighted by atomic mass is 9.97. The van der Waals surface area contributed by atoms with Gasteiger partial charge in [-0.1, -0.05) is 12.1 Å². The van der Waals surface area contributed by atoms with E-state index in [1.54, 1.807) is 58.4 Å². The van der Waals surface area contributed by atoms with Gasteiger partial charge in [0.25, 0.3) is 0 Å². The minimum Gasteiger partial charge on any atom is -0.497 e. The van der Waals surface area contributed by atoms with Crippen molar-refractivity contribution in [1.82, 2.24) is 0 Å². The van der Waals surface area contributed by atoms with Gasteiger partial charge in [-0.3, -0.25) is 0 Å². The molecule has 0 saturated heterocycles. The van der Waals surface area contributed by atoms with Gasteiger partial charge in [0, 0.05) is 6.07 Å². The van der Waals surface area contributed by atoms with Crippen molar-refractivity contribution in [3.63, 3.8) is 0 Å². The Morgan fingerprint density at radius 1 is 0.857 bits per heavy atom. The van der Waals surface area contributed by atoms with E-state index in [4.69, 9.17) is 9.47 Å². The molecule has 2 aromatic carbocycles. The fourth-order valence-electron chi connectivity index (χ4n) is 2.32. The topological polar surface area (TPSA) is 38.7 Å². The second-order valence-corrected chi connectivity index (χ2v) is 5.02. The number of aryl methyl sites for hydroxylation is 2. The predicted octanol–water partition coefficient (Wildman–Crippen LogP) is 3.54. The van der Waals surface area contributed by atoms with Crippen molar-refractivity contribution in [3.05, 3.63) is 58.4 Å². The van der Waals surface area contributed by atoms with E-state index in [1.807, 2.05) is 0 Å². The number of halogens is 1. The first kappa shape index (κ1) is 15.3. The highest BCUT2D eigenvalue weighted by molar-refractivity contribution is 5.43. The quantitative estimate of drug-likeness (QED) is 0.936. The molecule has 0 radical (unpaired) electrons. The van der Waals surface area contributed by atoms with Crippen LogP contribution >= 0.6 is 0 Å². The molecule has 0 aliphatic rings. The summed E-state index contributed by atoms with van der Waals surface area (Å²) in [7, 11) is 3.11. The molecule has 0 spiro atoms. The molecule has 0 heterocycles. The summed E-state index contributed by atoms with van der Waals surface area (Å²) in [5.74, 6) is 0.951. The second-order valence-electron chi connectivity index (χ2n) is 5.02. The third-order valence-electron chi connectivity index (χ3n) is 3.46. The molecule has 0 aliphatic heterocycles. The molecule has 2 aromatic rings. The molecule has 1 unspecified atom stereocenters. The first-order valence-corrected chi connectivity index (χ1v) is 6.64. The van der Waals surface area contributed by atoms with Crippen molar-refractivity contribution in [2.45, 2.75) is 20.0 Å². The zero-order valence-corrected chi connectivity index (χ0v) is 12.6. The van der Waals surface area contributed by atoms with Crippen molar-refractivity contribution in [3.8, 4) is 11.5 Å². The predicted molar refractivity (Wildman–Crippen MR) is 79.5 cm³/mol. The van der Waals surface area contributed by atoms with E-state index >= 15 is 0 Å². The Morgan fingerprint density at radius 3 is 1.71 bits per heavy atom. The van der Waals surface area contributed by atoms with Gasteiger partial charge < -0.3 is 14.6 Å². The summed E-state index contributed by atoms with van der Waals surface area (Å²) >= 11 is 0. The van der Waals surface area contributed by atoms with Crippen LogP contribution in [-0.2, 0) is 0 Å². The molecule has 21 heavy (non-hydrogen) atoms. The maximum absolute atomic E-state index is 13.7. The molecule has 1 atom stereocenters. The number of ether oxygens (including phenoxy) is 2. The molecule has 0 fully saturated rings. The van der Waals surface area contributed by atoms with Gasteiger partial charge in [0.05, 0.1) is 14.2 Å². The van der Waals surface area contributed by atoms with E-state index in [9.17, 15) is 9.50 Å². The van der Waals surface area contributed by atoms with Crippen LogP contribution in [0.3, 0.4) is 0 Å². The highest BCUT2D eigenvalue weighted by atomic mass is 19.1. The Bertz CT molecular complexity index is 607. The molecule has 4 heteroatoms. The third-order valence-corrected chi connectivity index (χ3v) is 3.46. The van der Waals surface area contributed by atoms with E-state index in [2.05, 4.69) is 0 Å². The van der Waals surface area contributed by atoms with Crippen LogP contribution in [-0.4, -0.2) is 19.3 Å². The first-order chi connectivity index (χ1) is 9.96. The zero-order chi connectivity index (χ0) is 15.6. The van der Waals surface area contributed by atoms with Gasteiger partial charge in [0.1, 0.15) is 23.4 Å². The molecule has 0 aliphatic carbocycles. The molecule has 1 N–H and O–H groups in total. The average Bonchev–Trinajstić information content (AvgIpc) is 2.50. The van der Waals surface area contributed by atoms with Crippen molar-refractivity contribution in [1.29, 1.82) is 0 Å². The first-order valence-electron chi connectivity index (χ1n) is 6.64. The number of benzene rings is 2. The van der Waals surface area contributed by atoms with E-state index in [1.165, 1.54) is 0 Å².